The van der Waals surface area contributed by atoms with Gasteiger partial charge in [0.05, 0.1) is 6.61 Å². The molecular formula is C19H26N2O. The molecule has 0 saturated heterocycles. The highest BCUT2D eigenvalue weighted by Gasteiger charge is 2.12. The van der Waals surface area contributed by atoms with E-state index in [4.69, 9.17) is 4.74 Å². The van der Waals surface area contributed by atoms with Gasteiger partial charge in [0, 0.05) is 19.1 Å². The molecule has 22 heavy (non-hydrogen) atoms. The maximum Gasteiger partial charge on any atom is 0.119 e. The smallest absolute Gasteiger partial charge is 0.119 e. The van der Waals surface area contributed by atoms with Crippen LogP contribution in [0.5, 0.6) is 5.75 Å². The van der Waals surface area contributed by atoms with Crippen LogP contribution in [0.4, 0.5) is 0 Å². The third kappa shape index (κ3) is 4.86. The molecule has 3 nitrogen and oxygen atoms in total. The zero-order chi connectivity index (χ0) is 15.8. The van der Waals surface area contributed by atoms with Crippen LogP contribution in [0.2, 0.25) is 0 Å². The summed E-state index contributed by atoms with van der Waals surface area (Å²) < 4.78 is 5.55. The molecule has 1 N–H and O–H groups in total. The first kappa shape index (κ1) is 16.5. The Bertz CT molecular complexity index is 554. The van der Waals surface area contributed by atoms with Crippen LogP contribution in [0.25, 0.3) is 0 Å². The summed E-state index contributed by atoms with van der Waals surface area (Å²) >= 11 is 0. The van der Waals surface area contributed by atoms with Crippen molar-refractivity contribution < 1.29 is 4.74 Å². The molecule has 2 aromatic carbocycles. The molecule has 0 aliphatic carbocycles. The van der Waals surface area contributed by atoms with Crippen LogP contribution in [-0.2, 0) is 6.54 Å². The summed E-state index contributed by atoms with van der Waals surface area (Å²) in [4.78, 5) is 2.25. The van der Waals surface area contributed by atoms with E-state index in [0.717, 1.165) is 18.8 Å². The van der Waals surface area contributed by atoms with E-state index in [1.165, 1.54) is 11.1 Å². The first-order valence-corrected chi connectivity index (χ1v) is 7.84. The summed E-state index contributed by atoms with van der Waals surface area (Å²) in [5.74, 6) is 0.939. The monoisotopic (exact) mass is 298 g/mol. The summed E-state index contributed by atoms with van der Waals surface area (Å²) in [6.45, 7) is 4.47. The maximum atomic E-state index is 5.55. The van der Waals surface area contributed by atoms with Crippen molar-refractivity contribution in [3.63, 3.8) is 0 Å². The fraction of sp³-hybridized carbons (Fsp3) is 0.368. The fourth-order valence-corrected chi connectivity index (χ4v) is 2.54. The highest BCUT2D eigenvalue weighted by atomic mass is 16.5. The van der Waals surface area contributed by atoms with Gasteiger partial charge >= 0.3 is 0 Å². The number of likely N-dealkylation sites (N-methyl/N-ethyl adjacent to an activating group) is 1. The number of benzene rings is 2. The second-order valence-electron chi connectivity index (χ2n) is 5.60. The van der Waals surface area contributed by atoms with Gasteiger partial charge in [-0.1, -0.05) is 42.5 Å². The SMILES string of the molecule is CCOc1cccc(CNCC(c2ccccc2)N(C)C)c1. The van der Waals surface area contributed by atoms with Crippen LogP contribution in [0.1, 0.15) is 24.1 Å². The minimum atomic E-state index is 0.372. The summed E-state index contributed by atoms with van der Waals surface area (Å²) in [7, 11) is 4.24. The number of hydrogen-bond donors (Lipinski definition) is 1. The van der Waals surface area contributed by atoms with E-state index in [1.54, 1.807) is 0 Å². The topological polar surface area (TPSA) is 24.5 Å². The van der Waals surface area contributed by atoms with Gasteiger partial charge in [-0.15, -0.1) is 0 Å². The Morgan fingerprint density at radius 2 is 1.82 bits per heavy atom. The van der Waals surface area contributed by atoms with Crippen LogP contribution in [0.15, 0.2) is 54.6 Å². The summed E-state index contributed by atoms with van der Waals surface area (Å²) in [5.41, 5.74) is 2.58. The molecule has 118 valence electrons. The molecule has 0 amide bonds. The Labute approximate surface area is 133 Å². The van der Waals surface area contributed by atoms with Crippen molar-refractivity contribution in [3.05, 3.63) is 65.7 Å². The zero-order valence-corrected chi connectivity index (χ0v) is 13.8. The Hall–Kier alpha value is -1.84. The molecule has 2 rings (SSSR count). The molecule has 0 spiro atoms. The zero-order valence-electron chi connectivity index (χ0n) is 13.8. The third-order valence-corrected chi connectivity index (χ3v) is 3.68. The van der Waals surface area contributed by atoms with Gasteiger partial charge in [0.25, 0.3) is 0 Å². The van der Waals surface area contributed by atoms with E-state index in [1.807, 2.05) is 19.1 Å². The number of ether oxygens (including phenoxy) is 1. The predicted octanol–water partition coefficient (Wildman–Crippen LogP) is 3.48. The number of rotatable bonds is 8. The maximum absolute atomic E-state index is 5.55. The first-order valence-electron chi connectivity index (χ1n) is 7.84. The van der Waals surface area contributed by atoms with Gasteiger partial charge in [-0.25, -0.2) is 0 Å². The molecule has 2 aromatic rings. The Balaban J connectivity index is 1.92. The van der Waals surface area contributed by atoms with E-state index in [9.17, 15) is 0 Å². The first-order chi connectivity index (χ1) is 10.7. The van der Waals surface area contributed by atoms with E-state index in [-0.39, 0.29) is 0 Å². The van der Waals surface area contributed by atoms with Crippen LogP contribution >= 0.6 is 0 Å². The van der Waals surface area contributed by atoms with Crippen LogP contribution < -0.4 is 10.1 Å². The van der Waals surface area contributed by atoms with Gasteiger partial charge in [-0.05, 0) is 44.3 Å². The number of hydrogen-bond acceptors (Lipinski definition) is 3. The molecular weight excluding hydrogens is 272 g/mol. The van der Waals surface area contributed by atoms with E-state index < -0.39 is 0 Å². The minimum absolute atomic E-state index is 0.372. The molecule has 1 atom stereocenters. The molecule has 0 aromatic heterocycles. The average molecular weight is 298 g/mol. The predicted molar refractivity (Wildman–Crippen MR) is 92.2 cm³/mol. The van der Waals surface area contributed by atoms with E-state index in [2.05, 4.69) is 66.8 Å². The lowest BCUT2D eigenvalue weighted by molar-refractivity contribution is 0.288. The largest absolute Gasteiger partial charge is 0.494 e. The second kappa shape index (κ2) is 8.57. The highest BCUT2D eigenvalue weighted by molar-refractivity contribution is 5.28. The Morgan fingerprint density at radius 3 is 2.50 bits per heavy atom. The molecule has 0 aliphatic rings. The van der Waals surface area contributed by atoms with Crippen molar-refractivity contribution in [2.24, 2.45) is 0 Å². The van der Waals surface area contributed by atoms with Crippen molar-refractivity contribution in [2.75, 3.05) is 27.2 Å². The molecule has 0 fully saturated rings. The number of nitrogens with one attached hydrogen (secondary N) is 1. The van der Waals surface area contributed by atoms with Gasteiger partial charge < -0.3 is 15.0 Å². The summed E-state index contributed by atoms with van der Waals surface area (Å²) in [6, 6.07) is 19.3. The summed E-state index contributed by atoms with van der Waals surface area (Å²) in [5, 5.41) is 3.55. The lowest BCUT2D eigenvalue weighted by Gasteiger charge is -2.25. The van der Waals surface area contributed by atoms with Crippen molar-refractivity contribution in [1.29, 1.82) is 0 Å². The fourth-order valence-electron chi connectivity index (χ4n) is 2.54. The standard InChI is InChI=1S/C19H26N2O/c1-4-22-18-12-8-9-16(13-18)14-20-15-19(21(2)3)17-10-6-5-7-11-17/h5-13,19-20H,4,14-15H2,1-3H3. The third-order valence-electron chi connectivity index (χ3n) is 3.68. The minimum Gasteiger partial charge on any atom is -0.494 e. The van der Waals surface area contributed by atoms with Gasteiger partial charge in [-0.3, -0.25) is 0 Å². The van der Waals surface area contributed by atoms with Crippen molar-refractivity contribution >= 4 is 0 Å². The molecule has 0 saturated carbocycles. The molecule has 3 heteroatoms. The molecule has 0 bridgehead atoms. The van der Waals surface area contributed by atoms with Crippen molar-refractivity contribution in [3.8, 4) is 5.75 Å². The van der Waals surface area contributed by atoms with Gasteiger partial charge in [0.2, 0.25) is 0 Å². The summed E-state index contributed by atoms with van der Waals surface area (Å²) in [6.07, 6.45) is 0. The Kier molecular flexibility index (Phi) is 6.44. The lowest BCUT2D eigenvalue weighted by atomic mass is 10.1. The molecule has 0 heterocycles. The van der Waals surface area contributed by atoms with Crippen molar-refractivity contribution in [1.82, 2.24) is 10.2 Å². The highest BCUT2D eigenvalue weighted by Crippen LogP contribution is 2.17. The van der Waals surface area contributed by atoms with E-state index in [0.29, 0.717) is 12.6 Å². The van der Waals surface area contributed by atoms with E-state index >= 15 is 0 Å². The molecule has 0 aliphatic heterocycles. The average Bonchev–Trinajstić information content (AvgIpc) is 2.53. The lowest BCUT2D eigenvalue weighted by Crippen LogP contribution is -2.30. The van der Waals surface area contributed by atoms with Gasteiger partial charge in [-0.2, -0.15) is 0 Å². The molecule has 0 radical (unpaired) electrons. The van der Waals surface area contributed by atoms with Crippen molar-refractivity contribution in [2.45, 2.75) is 19.5 Å². The quantitative estimate of drug-likeness (QED) is 0.807. The van der Waals surface area contributed by atoms with Crippen LogP contribution in [-0.4, -0.2) is 32.1 Å². The van der Waals surface area contributed by atoms with Crippen LogP contribution in [0, 0.1) is 0 Å². The molecule has 1 unspecified atom stereocenters. The Morgan fingerprint density at radius 1 is 1.05 bits per heavy atom. The number of nitrogens with zero attached hydrogens (tertiary/aromatic N) is 1. The van der Waals surface area contributed by atoms with Gasteiger partial charge in [0.15, 0.2) is 0 Å². The van der Waals surface area contributed by atoms with Gasteiger partial charge in [0.1, 0.15) is 5.75 Å². The second-order valence-corrected chi connectivity index (χ2v) is 5.60. The normalized spacial score (nSPS) is 12.4. The van der Waals surface area contributed by atoms with Crippen LogP contribution in [0.3, 0.4) is 0 Å².